The van der Waals surface area contributed by atoms with Gasteiger partial charge in [-0.15, -0.1) is 11.3 Å². The Labute approximate surface area is 186 Å². The van der Waals surface area contributed by atoms with Crippen LogP contribution in [0, 0.1) is 11.3 Å². The topological polar surface area (TPSA) is 108 Å². The summed E-state index contributed by atoms with van der Waals surface area (Å²) in [5.41, 5.74) is 2.51. The van der Waals surface area contributed by atoms with Crippen molar-refractivity contribution in [2.75, 3.05) is 7.11 Å². The minimum absolute atomic E-state index is 0.0483. The number of fused-ring (bicyclic) bond motifs is 1. The van der Waals surface area contributed by atoms with Gasteiger partial charge in [-0.2, -0.15) is 5.26 Å². The third kappa shape index (κ3) is 3.93. The van der Waals surface area contributed by atoms with Crippen molar-refractivity contribution in [1.29, 1.82) is 5.26 Å². The predicted octanol–water partition coefficient (Wildman–Crippen LogP) is 5.45. The third-order valence-corrected chi connectivity index (χ3v) is 6.18. The number of aromatic nitrogens is 2. The number of thiophene rings is 1. The maximum absolute atomic E-state index is 12.3. The summed E-state index contributed by atoms with van der Waals surface area (Å²) >= 11 is 7.37. The lowest BCUT2D eigenvalue weighted by Crippen LogP contribution is -2.07. The predicted molar refractivity (Wildman–Crippen MR) is 118 cm³/mol. The van der Waals surface area contributed by atoms with Gasteiger partial charge in [0.15, 0.2) is 4.88 Å². The first-order valence-corrected chi connectivity index (χ1v) is 10.4. The monoisotopic (exact) mass is 453 g/mol. The van der Waals surface area contributed by atoms with Gasteiger partial charge >= 0.3 is 5.97 Å². The van der Waals surface area contributed by atoms with Crippen molar-refractivity contribution in [2.24, 2.45) is 0 Å². The van der Waals surface area contributed by atoms with E-state index in [1.54, 1.807) is 43.3 Å². The van der Waals surface area contributed by atoms with E-state index in [0.717, 1.165) is 0 Å². The number of H-pyrrole nitrogens is 1. The van der Waals surface area contributed by atoms with Crippen molar-refractivity contribution in [3.8, 4) is 28.3 Å². The molecule has 0 spiro atoms. The molecule has 0 aliphatic carbocycles. The van der Waals surface area contributed by atoms with E-state index < -0.39 is 12.1 Å². The number of nitrogens with zero attached hydrogens (tertiary/aromatic N) is 2. The van der Waals surface area contributed by atoms with Gasteiger partial charge < -0.3 is 19.6 Å². The minimum Gasteiger partial charge on any atom is -0.506 e. The molecule has 0 aliphatic rings. The molecule has 31 heavy (non-hydrogen) atoms. The number of phenols is 1. The normalized spacial score (nSPS) is 11.8. The molecule has 0 bridgehead atoms. The molecular weight excluding hydrogens is 438 g/mol. The second-order valence-corrected chi connectivity index (χ2v) is 8.10. The number of aromatic amines is 1. The van der Waals surface area contributed by atoms with Crippen LogP contribution in [0.1, 0.15) is 33.8 Å². The van der Waals surface area contributed by atoms with Crippen molar-refractivity contribution in [3.63, 3.8) is 0 Å². The summed E-state index contributed by atoms with van der Waals surface area (Å²) in [7, 11) is 1.30. The molecule has 0 saturated carbocycles. The number of esters is 1. The Morgan fingerprint density at radius 2 is 2.13 bits per heavy atom. The van der Waals surface area contributed by atoms with Crippen molar-refractivity contribution >= 4 is 39.9 Å². The lowest BCUT2D eigenvalue weighted by atomic mass is 10.1. The number of carbonyl (C=O) groups is 1. The Hall–Kier alpha value is -3.54. The number of nitrogens with one attached hydrogen (secondary N) is 1. The summed E-state index contributed by atoms with van der Waals surface area (Å²) in [4.78, 5) is 21.0. The van der Waals surface area contributed by atoms with E-state index in [9.17, 15) is 9.90 Å². The summed E-state index contributed by atoms with van der Waals surface area (Å²) in [6.45, 7) is 1.77. The number of methoxy groups -OCH3 is 1. The van der Waals surface area contributed by atoms with Gasteiger partial charge in [-0.05, 0) is 31.2 Å². The number of carbonyl (C=O) groups excluding carboxylic acids is 1. The highest BCUT2D eigenvalue weighted by molar-refractivity contribution is 7.17. The average Bonchev–Trinajstić information content (AvgIpc) is 3.38. The average molecular weight is 454 g/mol. The van der Waals surface area contributed by atoms with Crippen LogP contribution in [-0.4, -0.2) is 28.2 Å². The molecule has 0 saturated heterocycles. The molecule has 4 aromatic rings. The highest BCUT2D eigenvalue weighted by atomic mass is 35.5. The van der Waals surface area contributed by atoms with E-state index >= 15 is 0 Å². The van der Waals surface area contributed by atoms with Gasteiger partial charge in [-0.1, -0.05) is 23.7 Å². The lowest BCUT2D eigenvalue weighted by Gasteiger charge is -2.16. The molecular formula is C22H16ClN3O4S. The maximum Gasteiger partial charge on any atom is 0.351 e. The number of phenolic OH excluding ortho intramolecular Hbond substituents is 1. The van der Waals surface area contributed by atoms with Crippen molar-refractivity contribution in [2.45, 2.75) is 13.0 Å². The van der Waals surface area contributed by atoms with Gasteiger partial charge in [0.25, 0.3) is 0 Å². The molecule has 0 radical (unpaired) electrons. The Balaban J connectivity index is 1.73. The van der Waals surface area contributed by atoms with Crippen molar-refractivity contribution < 1.29 is 19.4 Å². The van der Waals surface area contributed by atoms with Crippen LogP contribution in [-0.2, 0) is 4.74 Å². The van der Waals surface area contributed by atoms with Gasteiger partial charge in [-0.3, -0.25) is 0 Å². The Kier molecular flexibility index (Phi) is 5.55. The highest BCUT2D eigenvalue weighted by Gasteiger charge is 2.23. The standard InChI is InChI=1S/C22H16ClN3O4S/c1-11(13-4-3-5-16(27)19(13)23)30-17-9-18(31-20(17)22(28)29-2)21-25-14-7-6-12(10-24)8-15(14)26-21/h3-9,11,27H,1-2H3,(H,25,26)/t11-/m1/s1. The summed E-state index contributed by atoms with van der Waals surface area (Å²) in [5, 5.41) is 19.1. The summed E-state index contributed by atoms with van der Waals surface area (Å²) < 4.78 is 10.9. The van der Waals surface area contributed by atoms with E-state index in [2.05, 4.69) is 16.0 Å². The number of hydrogen-bond donors (Lipinski definition) is 2. The summed E-state index contributed by atoms with van der Waals surface area (Å²) in [5.74, 6) is 0.270. The van der Waals surface area contributed by atoms with Crippen molar-refractivity contribution in [1.82, 2.24) is 9.97 Å². The van der Waals surface area contributed by atoms with Crippen LogP contribution in [0.2, 0.25) is 5.02 Å². The van der Waals surface area contributed by atoms with E-state index in [0.29, 0.717) is 38.6 Å². The molecule has 2 aromatic heterocycles. The number of halogens is 1. The second-order valence-electron chi connectivity index (χ2n) is 6.67. The second kappa shape index (κ2) is 8.30. The van der Waals surface area contributed by atoms with Crippen LogP contribution in [0.15, 0.2) is 42.5 Å². The molecule has 9 heteroatoms. The molecule has 0 fully saturated rings. The smallest absolute Gasteiger partial charge is 0.351 e. The lowest BCUT2D eigenvalue weighted by molar-refractivity contribution is 0.0600. The molecule has 2 aromatic carbocycles. The van der Waals surface area contributed by atoms with E-state index in [-0.39, 0.29) is 15.6 Å². The van der Waals surface area contributed by atoms with Gasteiger partial charge in [0, 0.05) is 11.6 Å². The van der Waals surface area contributed by atoms with Crippen LogP contribution >= 0.6 is 22.9 Å². The van der Waals surface area contributed by atoms with Crippen LogP contribution in [0.4, 0.5) is 0 Å². The molecule has 4 rings (SSSR count). The fourth-order valence-electron chi connectivity index (χ4n) is 3.11. The number of imidazole rings is 1. The number of benzene rings is 2. The molecule has 7 nitrogen and oxygen atoms in total. The Bertz CT molecular complexity index is 1340. The number of aromatic hydroxyl groups is 1. The van der Waals surface area contributed by atoms with Crippen LogP contribution in [0.3, 0.4) is 0 Å². The minimum atomic E-state index is -0.542. The molecule has 1 atom stereocenters. The highest BCUT2D eigenvalue weighted by Crippen LogP contribution is 2.40. The van der Waals surface area contributed by atoms with Crippen LogP contribution in [0.5, 0.6) is 11.5 Å². The number of rotatable bonds is 5. The van der Waals surface area contributed by atoms with Crippen LogP contribution < -0.4 is 4.74 Å². The third-order valence-electron chi connectivity index (χ3n) is 4.66. The fraction of sp³-hybridized carbons (Fsp3) is 0.136. The van der Waals surface area contributed by atoms with Gasteiger partial charge in [0.1, 0.15) is 23.4 Å². The van der Waals surface area contributed by atoms with Crippen LogP contribution in [0.25, 0.3) is 21.7 Å². The number of hydrogen-bond acceptors (Lipinski definition) is 7. The van der Waals surface area contributed by atoms with Gasteiger partial charge in [0.05, 0.1) is 39.7 Å². The van der Waals surface area contributed by atoms with E-state index in [1.165, 1.54) is 24.5 Å². The number of ether oxygens (including phenoxy) is 2. The molecule has 2 N–H and O–H groups in total. The zero-order valence-corrected chi connectivity index (χ0v) is 18.0. The summed E-state index contributed by atoms with van der Waals surface area (Å²) in [6, 6.07) is 13.8. The molecule has 0 aliphatic heterocycles. The van der Waals surface area contributed by atoms with Gasteiger partial charge in [-0.25, -0.2) is 9.78 Å². The zero-order chi connectivity index (χ0) is 22.1. The largest absolute Gasteiger partial charge is 0.506 e. The first-order valence-electron chi connectivity index (χ1n) is 9.17. The maximum atomic E-state index is 12.3. The quantitative estimate of drug-likeness (QED) is 0.389. The van der Waals surface area contributed by atoms with Crippen molar-refractivity contribution in [3.05, 3.63) is 63.5 Å². The van der Waals surface area contributed by atoms with E-state index in [1.807, 2.05) is 0 Å². The summed E-state index contributed by atoms with van der Waals surface area (Å²) in [6.07, 6.45) is -0.542. The Morgan fingerprint density at radius 1 is 1.32 bits per heavy atom. The molecule has 156 valence electrons. The zero-order valence-electron chi connectivity index (χ0n) is 16.5. The molecule has 0 unspecified atom stereocenters. The van der Waals surface area contributed by atoms with Gasteiger partial charge in [0.2, 0.25) is 0 Å². The fourth-order valence-corrected chi connectivity index (χ4v) is 4.35. The SMILES string of the molecule is COC(=O)c1sc(-c2nc3ccc(C#N)cc3[nH]2)cc1O[C@H](C)c1cccc(O)c1Cl. The molecule has 2 heterocycles. The first kappa shape index (κ1) is 20.7. The number of nitriles is 1. The Morgan fingerprint density at radius 3 is 2.87 bits per heavy atom. The van der Waals surface area contributed by atoms with E-state index in [4.69, 9.17) is 26.3 Å². The first-order chi connectivity index (χ1) is 14.9. The molecule has 0 amide bonds.